The van der Waals surface area contributed by atoms with E-state index >= 15 is 0 Å². The fraction of sp³-hybridized carbons (Fsp3) is 0.302. The molecule has 0 bridgehead atoms. The molecule has 4 rings (SSSR count). The number of hydrogen-bond donors (Lipinski definition) is 0. The Balaban J connectivity index is 0.000000908. The third-order valence-corrected chi connectivity index (χ3v) is 10.2. The average Bonchev–Trinajstić information content (AvgIpc) is 3.86. The van der Waals surface area contributed by atoms with E-state index in [2.05, 4.69) is 74.8 Å². The Hall–Kier alpha value is -4.50. The Labute approximate surface area is 311 Å². The molecule has 0 fully saturated rings. The molecule has 0 spiro atoms. The van der Waals surface area contributed by atoms with Gasteiger partial charge in [-0.05, 0) is 135 Å². The van der Waals surface area contributed by atoms with Gasteiger partial charge in [-0.1, -0.05) is 25.3 Å². The summed E-state index contributed by atoms with van der Waals surface area (Å²) in [5, 5.41) is 0. The van der Waals surface area contributed by atoms with E-state index in [1.807, 2.05) is 24.3 Å². The lowest BCUT2D eigenvalue weighted by Crippen LogP contribution is -2.13. The number of esters is 1. The number of aldehydes is 1. The minimum absolute atomic E-state index is 0.0139. The average molecular weight is 727 g/mol. The van der Waals surface area contributed by atoms with Crippen LogP contribution in [-0.4, -0.2) is 44.8 Å². The highest BCUT2D eigenvalue weighted by Crippen LogP contribution is 2.40. The number of carbonyl (C=O) groups excluding carboxylic acids is 2. The largest absolute Gasteiger partial charge is 0.494 e. The molecule has 0 N–H and O–H groups in total. The molecular formula is C43H50O6S2. The molecular weight excluding hydrogens is 677 g/mol. The predicted octanol–water partition coefficient (Wildman–Crippen LogP) is 11.5. The van der Waals surface area contributed by atoms with Crippen molar-refractivity contribution < 1.29 is 28.5 Å². The first-order chi connectivity index (χ1) is 24.9. The zero-order chi connectivity index (χ0) is 36.7. The monoisotopic (exact) mass is 726 g/mol. The molecule has 0 aliphatic carbocycles. The maximum atomic E-state index is 11.8. The molecule has 2 aromatic heterocycles. The second kappa shape index (κ2) is 23.8. The summed E-state index contributed by atoms with van der Waals surface area (Å²) in [6, 6.07) is 25.3. The van der Waals surface area contributed by atoms with Gasteiger partial charge in [0.15, 0.2) is 0 Å². The van der Waals surface area contributed by atoms with Gasteiger partial charge >= 0.3 is 5.97 Å². The second-order valence-corrected chi connectivity index (χ2v) is 13.7. The van der Waals surface area contributed by atoms with E-state index in [0.29, 0.717) is 26.1 Å². The van der Waals surface area contributed by atoms with Gasteiger partial charge in [0.25, 0.3) is 0 Å². The van der Waals surface area contributed by atoms with Gasteiger partial charge in [0, 0.05) is 39.5 Å². The molecule has 0 amide bonds. The van der Waals surface area contributed by atoms with Crippen molar-refractivity contribution in [2.75, 3.05) is 20.3 Å². The van der Waals surface area contributed by atoms with Crippen molar-refractivity contribution in [1.29, 1.82) is 0 Å². The lowest BCUT2D eigenvalue weighted by Gasteiger charge is -2.09. The zero-order valence-corrected chi connectivity index (χ0v) is 31.3. The number of carbonyl (C=O) groups is 2. The number of benzene rings is 2. The molecule has 2 heterocycles. The Morgan fingerprint density at radius 1 is 0.608 bits per heavy atom. The lowest BCUT2D eigenvalue weighted by atomic mass is 10.2. The van der Waals surface area contributed by atoms with Crippen LogP contribution in [-0.2, 0) is 19.1 Å². The van der Waals surface area contributed by atoms with Gasteiger partial charge in [0.1, 0.15) is 23.9 Å². The fourth-order valence-electron chi connectivity index (χ4n) is 4.81. The Bertz CT molecular complexity index is 1620. The van der Waals surface area contributed by atoms with Gasteiger partial charge in [0.2, 0.25) is 0 Å². The molecule has 8 heteroatoms. The molecule has 0 radical (unpaired) electrons. The van der Waals surface area contributed by atoms with E-state index in [0.717, 1.165) is 56.3 Å². The van der Waals surface area contributed by atoms with Crippen molar-refractivity contribution in [3.8, 4) is 42.1 Å². The topological polar surface area (TPSA) is 71.1 Å². The van der Waals surface area contributed by atoms with Crippen molar-refractivity contribution in [1.82, 2.24) is 0 Å². The number of thiophene rings is 2. The third-order valence-electron chi connectivity index (χ3n) is 7.73. The van der Waals surface area contributed by atoms with Gasteiger partial charge in [-0.15, -0.1) is 35.8 Å². The number of ether oxygens (including phenoxy) is 4. The van der Waals surface area contributed by atoms with Gasteiger partial charge in [-0.2, -0.15) is 0 Å². The molecule has 6 nitrogen and oxygen atoms in total. The van der Waals surface area contributed by atoms with Crippen molar-refractivity contribution in [3.63, 3.8) is 0 Å². The van der Waals surface area contributed by atoms with Crippen LogP contribution in [0.15, 0.2) is 123 Å². The normalized spacial score (nSPS) is 10.6. The fourth-order valence-corrected chi connectivity index (χ4v) is 6.92. The highest BCUT2D eigenvalue weighted by atomic mass is 32.1. The number of unbranched alkanes of at least 4 members (excludes halogenated alkanes) is 5. The molecule has 270 valence electrons. The van der Waals surface area contributed by atoms with E-state index in [1.54, 1.807) is 54.1 Å². The molecule has 51 heavy (non-hydrogen) atoms. The maximum Gasteiger partial charge on any atom is 0.306 e. The molecule has 0 atom stereocenters. The smallest absolute Gasteiger partial charge is 0.306 e. The summed E-state index contributed by atoms with van der Waals surface area (Å²) < 4.78 is 21.8. The standard InChI is InChI=1S/C37H40O5S2.C6H10O/c1-3-30(4-2)42-37(39)12-8-7-11-27-41-32-19-15-29(16-20-32)34-22-24-36(44-34)35-23-21-33(43-35)28-13-17-31(18-14-28)40-26-10-6-5-9-25-38;1-4-6(5-2)7-3/h3-4,13-25,30H,1-2,5-12,26-27H2;4-6H,1-2H2,3H3. The van der Waals surface area contributed by atoms with Crippen LogP contribution in [0.1, 0.15) is 51.4 Å². The lowest BCUT2D eigenvalue weighted by molar-refractivity contribution is -0.145. The molecule has 4 aromatic rings. The zero-order valence-electron chi connectivity index (χ0n) is 29.6. The maximum absolute atomic E-state index is 11.8. The molecule has 2 aromatic carbocycles. The third kappa shape index (κ3) is 14.7. The van der Waals surface area contributed by atoms with E-state index in [9.17, 15) is 9.59 Å². The van der Waals surface area contributed by atoms with Crippen molar-refractivity contribution >= 4 is 34.9 Å². The highest BCUT2D eigenvalue weighted by Gasteiger charge is 2.10. The molecule has 0 aliphatic heterocycles. The Kier molecular flexibility index (Phi) is 19.1. The SMILES string of the molecule is C=CC(C=C)OC.C=CC(C=C)OC(=O)CCCCCOc1ccc(-c2ccc(-c3ccc(-c4ccc(OCCCCCC=O)cc4)s3)s2)cc1. The van der Waals surface area contributed by atoms with Gasteiger partial charge < -0.3 is 23.7 Å². The summed E-state index contributed by atoms with van der Waals surface area (Å²) >= 11 is 3.58. The van der Waals surface area contributed by atoms with Crippen LogP contribution in [0.5, 0.6) is 11.5 Å². The summed E-state index contributed by atoms with van der Waals surface area (Å²) in [4.78, 5) is 27.2. The van der Waals surface area contributed by atoms with E-state index in [-0.39, 0.29) is 12.1 Å². The quantitative estimate of drug-likeness (QED) is 0.0328. The molecule has 0 aliphatic rings. The summed E-state index contributed by atoms with van der Waals surface area (Å²) in [5.41, 5.74) is 2.35. The molecule has 0 saturated heterocycles. The van der Waals surface area contributed by atoms with Crippen LogP contribution >= 0.6 is 22.7 Å². The summed E-state index contributed by atoms with van der Waals surface area (Å²) in [6.07, 6.45) is 13.5. The second-order valence-electron chi connectivity index (χ2n) is 11.5. The van der Waals surface area contributed by atoms with Gasteiger partial charge in [0.05, 0.1) is 19.3 Å². The predicted molar refractivity (Wildman–Crippen MR) is 214 cm³/mol. The summed E-state index contributed by atoms with van der Waals surface area (Å²) in [7, 11) is 1.62. The molecule has 0 saturated carbocycles. The molecule has 0 unspecified atom stereocenters. The van der Waals surface area contributed by atoms with Crippen LogP contribution in [0.3, 0.4) is 0 Å². The number of rotatable bonds is 23. The summed E-state index contributed by atoms with van der Waals surface area (Å²) in [5.74, 6) is 1.50. The van der Waals surface area contributed by atoms with Crippen LogP contribution < -0.4 is 9.47 Å². The Morgan fingerprint density at radius 3 is 1.47 bits per heavy atom. The minimum atomic E-state index is -0.420. The van der Waals surface area contributed by atoms with Gasteiger partial charge in [-0.3, -0.25) is 4.79 Å². The van der Waals surface area contributed by atoms with Crippen molar-refractivity contribution in [2.24, 2.45) is 0 Å². The Morgan fingerprint density at radius 2 is 1.06 bits per heavy atom. The van der Waals surface area contributed by atoms with Crippen LogP contribution in [0.25, 0.3) is 30.6 Å². The first-order valence-corrected chi connectivity index (χ1v) is 18.9. The van der Waals surface area contributed by atoms with Crippen LogP contribution in [0.2, 0.25) is 0 Å². The van der Waals surface area contributed by atoms with Gasteiger partial charge in [-0.25, -0.2) is 0 Å². The van der Waals surface area contributed by atoms with Crippen molar-refractivity contribution in [2.45, 2.75) is 63.6 Å². The number of methoxy groups -OCH3 is 1. The van der Waals surface area contributed by atoms with E-state index in [1.165, 1.54) is 30.6 Å². The van der Waals surface area contributed by atoms with Crippen LogP contribution in [0.4, 0.5) is 0 Å². The van der Waals surface area contributed by atoms with Crippen molar-refractivity contribution in [3.05, 3.63) is 123 Å². The van der Waals surface area contributed by atoms with E-state index < -0.39 is 6.10 Å². The number of hydrogen-bond acceptors (Lipinski definition) is 8. The first kappa shape index (κ1) is 40.9. The highest BCUT2D eigenvalue weighted by molar-refractivity contribution is 7.25. The van der Waals surface area contributed by atoms with Crippen LogP contribution in [0, 0.1) is 0 Å². The minimum Gasteiger partial charge on any atom is -0.494 e. The summed E-state index contributed by atoms with van der Waals surface area (Å²) in [6.45, 7) is 15.5. The van der Waals surface area contributed by atoms with E-state index in [4.69, 9.17) is 18.9 Å². The first-order valence-electron chi connectivity index (χ1n) is 17.3.